The van der Waals surface area contributed by atoms with Crippen LogP contribution in [0.1, 0.15) is 36.7 Å². The predicted molar refractivity (Wildman–Crippen MR) is 115 cm³/mol. The number of aromatic nitrogens is 4. The molecule has 0 spiro atoms. The summed E-state index contributed by atoms with van der Waals surface area (Å²) in [5.74, 6) is 0.473. The molecule has 0 aliphatic heterocycles. The number of carbonyl (C=O) groups excluding carboxylic acids is 1. The third-order valence-corrected chi connectivity index (χ3v) is 4.82. The molecule has 2 aromatic carbocycles. The average Bonchev–Trinajstić information content (AvgIpc) is 3.10. The molecule has 0 saturated carbocycles. The van der Waals surface area contributed by atoms with Crippen molar-refractivity contribution in [1.29, 1.82) is 0 Å². The van der Waals surface area contributed by atoms with Crippen molar-refractivity contribution >= 4 is 22.6 Å². The standard InChI is InChI=1S/C23H23N5O/c1-23(2,3)28-22-19(21(24)25-14-26-22)20(27-28)17-11-9-16(10-12-17)18(29)13-15-7-5-4-6-8-15/h4-12,14H,13H2,1-3H3,(H2,24,25,26). The second kappa shape index (κ2) is 7.13. The van der Waals surface area contributed by atoms with Crippen LogP contribution in [0.25, 0.3) is 22.3 Å². The SMILES string of the molecule is CC(C)(C)n1nc(-c2ccc(C(=O)Cc3ccccc3)cc2)c2c(N)ncnc21. The Morgan fingerprint density at radius 3 is 2.34 bits per heavy atom. The number of carbonyl (C=O) groups is 1. The molecule has 0 amide bonds. The highest BCUT2D eigenvalue weighted by molar-refractivity contribution is 6.00. The molecule has 6 nitrogen and oxygen atoms in total. The lowest BCUT2D eigenvalue weighted by molar-refractivity contribution is 0.0993. The third-order valence-electron chi connectivity index (χ3n) is 4.82. The Morgan fingerprint density at radius 1 is 1.00 bits per heavy atom. The number of rotatable bonds is 4. The largest absolute Gasteiger partial charge is 0.383 e. The van der Waals surface area contributed by atoms with Gasteiger partial charge in [0.05, 0.1) is 10.9 Å². The van der Waals surface area contributed by atoms with Gasteiger partial charge in [0.2, 0.25) is 0 Å². The number of Topliss-reactive ketones (excluding diaryl/α,β-unsaturated/α-hetero) is 1. The number of nitrogens with two attached hydrogens (primary N) is 1. The summed E-state index contributed by atoms with van der Waals surface area (Å²) in [7, 11) is 0. The number of fused-ring (bicyclic) bond motifs is 1. The van der Waals surface area contributed by atoms with Gasteiger partial charge in [-0.3, -0.25) is 4.79 Å². The minimum Gasteiger partial charge on any atom is -0.383 e. The van der Waals surface area contributed by atoms with E-state index in [0.29, 0.717) is 23.4 Å². The summed E-state index contributed by atoms with van der Waals surface area (Å²) in [6.45, 7) is 6.19. The Kier molecular flexibility index (Phi) is 4.62. The van der Waals surface area contributed by atoms with E-state index in [-0.39, 0.29) is 11.3 Å². The van der Waals surface area contributed by atoms with Crippen molar-refractivity contribution in [3.63, 3.8) is 0 Å². The first-order chi connectivity index (χ1) is 13.8. The molecule has 0 saturated heterocycles. The van der Waals surface area contributed by atoms with Crippen LogP contribution in [0.15, 0.2) is 60.9 Å². The maximum absolute atomic E-state index is 12.6. The number of nitrogens with zero attached hydrogens (tertiary/aromatic N) is 4. The Balaban J connectivity index is 1.71. The molecule has 4 aromatic rings. The first-order valence-corrected chi connectivity index (χ1v) is 9.52. The van der Waals surface area contributed by atoms with E-state index in [1.807, 2.05) is 59.3 Å². The van der Waals surface area contributed by atoms with Gasteiger partial charge in [0.25, 0.3) is 0 Å². The number of ketones is 1. The molecule has 2 N–H and O–H groups in total. The molecule has 0 unspecified atom stereocenters. The Bertz CT molecular complexity index is 1170. The van der Waals surface area contributed by atoms with E-state index in [1.54, 1.807) is 0 Å². The highest BCUT2D eigenvalue weighted by Crippen LogP contribution is 2.33. The number of nitrogen functional groups attached to an aromatic ring is 1. The molecular weight excluding hydrogens is 362 g/mol. The molecule has 0 fully saturated rings. The van der Waals surface area contributed by atoms with Gasteiger partial charge in [-0.25, -0.2) is 14.6 Å². The lowest BCUT2D eigenvalue weighted by atomic mass is 10.0. The summed E-state index contributed by atoms with van der Waals surface area (Å²) in [5, 5.41) is 5.51. The van der Waals surface area contributed by atoms with Crippen molar-refractivity contribution in [1.82, 2.24) is 19.7 Å². The monoisotopic (exact) mass is 385 g/mol. The summed E-state index contributed by atoms with van der Waals surface area (Å²) >= 11 is 0. The molecular formula is C23H23N5O. The molecule has 0 aliphatic carbocycles. The first-order valence-electron chi connectivity index (χ1n) is 9.52. The van der Waals surface area contributed by atoms with Gasteiger partial charge in [-0.15, -0.1) is 0 Å². The van der Waals surface area contributed by atoms with Crippen molar-refractivity contribution in [2.45, 2.75) is 32.7 Å². The Morgan fingerprint density at radius 2 is 1.69 bits per heavy atom. The third kappa shape index (κ3) is 3.61. The fraction of sp³-hybridized carbons (Fsp3) is 0.217. The van der Waals surface area contributed by atoms with Crippen molar-refractivity contribution in [3.05, 3.63) is 72.1 Å². The van der Waals surface area contributed by atoms with Crippen molar-refractivity contribution in [2.24, 2.45) is 0 Å². The zero-order chi connectivity index (χ0) is 20.6. The van der Waals surface area contributed by atoms with E-state index >= 15 is 0 Å². The fourth-order valence-corrected chi connectivity index (χ4v) is 3.34. The van der Waals surface area contributed by atoms with Gasteiger partial charge in [-0.2, -0.15) is 5.10 Å². The highest BCUT2D eigenvalue weighted by Gasteiger charge is 2.23. The van der Waals surface area contributed by atoms with Gasteiger partial charge < -0.3 is 5.73 Å². The summed E-state index contributed by atoms with van der Waals surface area (Å²) < 4.78 is 1.87. The molecule has 146 valence electrons. The number of hydrogen-bond donors (Lipinski definition) is 1. The van der Waals surface area contributed by atoms with E-state index in [4.69, 9.17) is 10.8 Å². The van der Waals surface area contributed by atoms with Crippen molar-refractivity contribution in [3.8, 4) is 11.3 Å². The van der Waals surface area contributed by atoms with Crippen LogP contribution in [0.3, 0.4) is 0 Å². The normalized spacial score (nSPS) is 11.7. The van der Waals surface area contributed by atoms with E-state index in [9.17, 15) is 4.79 Å². The maximum atomic E-state index is 12.6. The summed E-state index contributed by atoms with van der Waals surface area (Å²) in [4.78, 5) is 21.1. The van der Waals surface area contributed by atoms with Gasteiger partial charge in [0.1, 0.15) is 17.8 Å². The molecule has 29 heavy (non-hydrogen) atoms. The van der Waals surface area contributed by atoms with Crippen LogP contribution >= 0.6 is 0 Å². The summed E-state index contributed by atoms with van der Waals surface area (Å²) in [6, 6.07) is 17.2. The van der Waals surface area contributed by atoms with Crippen LogP contribution in [-0.4, -0.2) is 25.5 Å². The van der Waals surface area contributed by atoms with Crippen LogP contribution in [0.5, 0.6) is 0 Å². The lowest BCUT2D eigenvalue weighted by Gasteiger charge is -2.19. The fourth-order valence-electron chi connectivity index (χ4n) is 3.34. The molecule has 2 heterocycles. The lowest BCUT2D eigenvalue weighted by Crippen LogP contribution is -2.23. The molecule has 2 aromatic heterocycles. The summed E-state index contributed by atoms with van der Waals surface area (Å²) in [6.07, 6.45) is 1.83. The van der Waals surface area contributed by atoms with E-state index in [0.717, 1.165) is 22.2 Å². The second-order valence-electron chi connectivity index (χ2n) is 8.05. The highest BCUT2D eigenvalue weighted by atomic mass is 16.1. The molecule has 4 rings (SSSR count). The minimum atomic E-state index is -0.261. The number of hydrogen-bond acceptors (Lipinski definition) is 5. The van der Waals surface area contributed by atoms with Crippen molar-refractivity contribution < 1.29 is 4.79 Å². The van der Waals surface area contributed by atoms with Crippen LogP contribution in [0, 0.1) is 0 Å². The Hall–Kier alpha value is -3.54. The Labute approximate surface area is 169 Å². The second-order valence-corrected chi connectivity index (χ2v) is 8.05. The quantitative estimate of drug-likeness (QED) is 0.531. The van der Waals surface area contributed by atoms with Crippen molar-refractivity contribution in [2.75, 3.05) is 5.73 Å². The van der Waals surface area contributed by atoms with Crippen LogP contribution in [-0.2, 0) is 12.0 Å². The van der Waals surface area contributed by atoms with Gasteiger partial charge in [0, 0.05) is 17.5 Å². The maximum Gasteiger partial charge on any atom is 0.167 e. The van der Waals surface area contributed by atoms with Gasteiger partial charge in [0.15, 0.2) is 11.4 Å². The molecule has 6 heteroatoms. The van der Waals surface area contributed by atoms with Gasteiger partial charge >= 0.3 is 0 Å². The summed E-state index contributed by atoms with van der Waals surface area (Å²) in [5.41, 5.74) is 9.85. The first kappa shape index (κ1) is 18.8. The van der Waals surface area contributed by atoms with Crippen LogP contribution in [0.2, 0.25) is 0 Å². The predicted octanol–water partition coefficient (Wildman–Crippen LogP) is 4.26. The van der Waals surface area contributed by atoms with E-state index in [2.05, 4.69) is 30.7 Å². The zero-order valence-electron chi connectivity index (χ0n) is 16.8. The van der Waals surface area contributed by atoms with Gasteiger partial charge in [-0.05, 0) is 26.3 Å². The minimum absolute atomic E-state index is 0.0793. The molecule has 0 atom stereocenters. The van der Waals surface area contributed by atoms with Crippen LogP contribution in [0.4, 0.5) is 5.82 Å². The molecule has 0 radical (unpaired) electrons. The van der Waals surface area contributed by atoms with E-state index in [1.165, 1.54) is 6.33 Å². The number of anilines is 1. The molecule has 0 bridgehead atoms. The van der Waals surface area contributed by atoms with Gasteiger partial charge in [-0.1, -0.05) is 54.6 Å². The average molecular weight is 385 g/mol. The number of benzene rings is 2. The van der Waals surface area contributed by atoms with E-state index < -0.39 is 0 Å². The zero-order valence-corrected chi connectivity index (χ0v) is 16.8. The molecule has 0 aliphatic rings. The smallest absolute Gasteiger partial charge is 0.167 e. The van der Waals surface area contributed by atoms with Crippen LogP contribution < -0.4 is 5.73 Å². The topological polar surface area (TPSA) is 86.7 Å².